The van der Waals surface area contributed by atoms with Gasteiger partial charge >= 0.3 is 0 Å². The van der Waals surface area contributed by atoms with Gasteiger partial charge in [0.2, 0.25) is 0 Å². The standard InChI is InChI=1S/C15H12Cl2O/c1-9-3-4-11(7-10(9)2)15(18)13-6-5-12(16)8-14(13)17/h3-8H,1-2H3. The van der Waals surface area contributed by atoms with Crippen molar-refractivity contribution in [1.29, 1.82) is 0 Å². The van der Waals surface area contributed by atoms with E-state index in [0.717, 1.165) is 11.1 Å². The molecule has 2 rings (SSSR count). The van der Waals surface area contributed by atoms with Crippen molar-refractivity contribution in [2.24, 2.45) is 0 Å². The first-order chi connectivity index (χ1) is 8.49. The zero-order chi connectivity index (χ0) is 13.3. The van der Waals surface area contributed by atoms with Crippen LogP contribution < -0.4 is 0 Å². The molecular formula is C15H12Cl2O. The van der Waals surface area contributed by atoms with Gasteiger partial charge in [-0.25, -0.2) is 0 Å². The van der Waals surface area contributed by atoms with E-state index in [-0.39, 0.29) is 5.78 Å². The van der Waals surface area contributed by atoms with Crippen LogP contribution >= 0.6 is 23.2 Å². The molecule has 0 unspecified atom stereocenters. The Morgan fingerprint density at radius 3 is 2.28 bits per heavy atom. The van der Waals surface area contributed by atoms with E-state index in [1.807, 2.05) is 32.0 Å². The summed E-state index contributed by atoms with van der Waals surface area (Å²) in [5, 5.41) is 0.905. The molecule has 1 nitrogen and oxygen atoms in total. The summed E-state index contributed by atoms with van der Waals surface area (Å²) in [6.07, 6.45) is 0. The van der Waals surface area contributed by atoms with Crippen LogP contribution in [0, 0.1) is 13.8 Å². The molecule has 18 heavy (non-hydrogen) atoms. The number of aryl methyl sites for hydroxylation is 2. The van der Waals surface area contributed by atoms with E-state index >= 15 is 0 Å². The van der Waals surface area contributed by atoms with Crippen LogP contribution in [-0.2, 0) is 0 Å². The minimum absolute atomic E-state index is 0.0835. The number of carbonyl (C=O) groups is 1. The van der Waals surface area contributed by atoms with E-state index in [1.54, 1.807) is 18.2 Å². The summed E-state index contributed by atoms with van der Waals surface area (Å²) in [7, 11) is 0. The molecule has 0 saturated heterocycles. The second-order valence-electron chi connectivity index (χ2n) is 4.25. The molecule has 92 valence electrons. The van der Waals surface area contributed by atoms with E-state index in [9.17, 15) is 4.79 Å². The third-order valence-corrected chi connectivity index (χ3v) is 3.49. The summed E-state index contributed by atoms with van der Waals surface area (Å²) in [5.41, 5.74) is 3.37. The first-order valence-electron chi connectivity index (χ1n) is 5.56. The van der Waals surface area contributed by atoms with E-state index in [1.165, 1.54) is 0 Å². The lowest BCUT2D eigenvalue weighted by atomic mass is 9.99. The van der Waals surface area contributed by atoms with Gasteiger partial charge in [0.05, 0.1) is 5.02 Å². The predicted octanol–water partition coefficient (Wildman–Crippen LogP) is 4.84. The van der Waals surface area contributed by atoms with E-state index in [0.29, 0.717) is 21.2 Å². The van der Waals surface area contributed by atoms with Crippen LogP contribution in [-0.4, -0.2) is 5.78 Å². The van der Waals surface area contributed by atoms with Gasteiger partial charge < -0.3 is 0 Å². The van der Waals surface area contributed by atoms with Gasteiger partial charge in [0, 0.05) is 16.1 Å². The van der Waals surface area contributed by atoms with Crippen molar-refractivity contribution in [2.75, 3.05) is 0 Å². The highest BCUT2D eigenvalue weighted by Gasteiger charge is 2.13. The van der Waals surface area contributed by atoms with Crippen molar-refractivity contribution in [3.05, 3.63) is 68.7 Å². The average Bonchev–Trinajstić information content (AvgIpc) is 2.32. The lowest BCUT2D eigenvalue weighted by molar-refractivity contribution is 0.103. The second kappa shape index (κ2) is 5.13. The number of ketones is 1. The van der Waals surface area contributed by atoms with Crippen LogP contribution in [0.15, 0.2) is 36.4 Å². The van der Waals surface area contributed by atoms with Gasteiger partial charge in [0.15, 0.2) is 5.78 Å². The maximum atomic E-state index is 12.3. The van der Waals surface area contributed by atoms with Gasteiger partial charge in [0.25, 0.3) is 0 Å². The number of hydrogen-bond donors (Lipinski definition) is 0. The van der Waals surface area contributed by atoms with Crippen LogP contribution in [0.1, 0.15) is 27.0 Å². The third kappa shape index (κ3) is 2.58. The van der Waals surface area contributed by atoms with Crippen LogP contribution in [0.5, 0.6) is 0 Å². The molecule has 0 amide bonds. The summed E-state index contributed by atoms with van der Waals surface area (Å²) in [4.78, 5) is 12.3. The maximum absolute atomic E-state index is 12.3. The van der Waals surface area contributed by atoms with Gasteiger partial charge in [-0.2, -0.15) is 0 Å². The fourth-order valence-corrected chi connectivity index (χ4v) is 2.21. The van der Waals surface area contributed by atoms with Crippen molar-refractivity contribution in [3.63, 3.8) is 0 Å². The Morgan fingerprint density at radius 1 is 0.944 bits per heavy atom. The maximum Gasteiger partial charge on any atom is 0.194 e. The molecule has 0 fully saturated rings. The van der Waals surface area contributed by atoms with E-state index in [2.05, 4.69) is 0 Å². The fraction of sp³-hybridized carbons (Fsp3) is 0.133. The Balaban J connectivity index is 2.44. The summed E-state index contributed by atoms with van der Waals surface area (Å²) in [6.45, 7) is 3.99. The number of hydrogen-bond acceptors (Lipinski definition) is 1. The molecule has 2 aromatic rings. The van der Waals surface area contributed by atoms with Crippen LogP contribution in [0.3, 0.4) is 0 Å². The van der Waals surface area contributed by atoms with Crippen LogP contribution in [0.2, 0.25) is 10.0 Å². The number of halogens is 2. The molecule has 0 bridgehead atoms. The van der Waals surface area contributed by atoms with Crippen LogP contribution in [0.25, 0.3) is 0 Å². The largest absolute Gasteiger partial charge is 0.289 e. The second-order valence-corrected chi connectivity index (χ2v) is 5.10. The minimum Gasteiger partial charge on any atom is -0.289 e. The first kappa shape index (κ1) is 13.1. The Bertz CT molecular complexity index is 618. The zero-order valence-electron chi connectivity index (χ0n) is 10.1. The monoisotopic (exact) mass is 278 g/mol. The average molecular weight is 279 g/mol. The molecule has 0 spiro atoms. The minimum atomic E-state index is -0.0835. The number of carbonyl (C=O) groups excluding carboxylic acids is 1. The highest BCUT2D eigenvalue weighted by molar-refractivity contribution is 6.37. The summed E-state index contributed by atoms with van der Waals surface area (Å²) >= 11 is 11.9. The van der Waals surface area contributed by atoms with Crippen molar-refractivity contribution < 1.29 is 4.79 Å². The molecule has 2 aromatic carbocycles. The molecule has 0 atom stereocenters. The number of benzene rings is 2. The number of rotatable bonds is 2. The van der Waals surface area contributed by atoms with Crippen molar-refractivity contribution in [3.8, 4) is 0 Å². The van der Waals surface area contributed by atoms with Gasteiger partial charge in [-0.1, -0.05) is 35.3 Å². The van der Waals surface area contributed by atoms with Gasteiger partial charge in [0.1, 0.15) is 0 Å². The first-order valence-corrected chi connectivity index (χ1v) is 6.31. The van der Waals surface area contributed by atoms with Crippen molar-refractivity contribution in [1.82, 2.24) is 0 Å². The van der Waals surface area contributed by atoms with Gasteiger partial charge in [-0.15, -0.1) is 0 Å². The quantitative estimate of drug-likeness (QED) is 0.719. The zero-order valence-corrected chi connectivity index (χ0v) is 11.6. The topological polar surface area (TPSA) is 17.1 Å². The lowest BCUT2D eigenvalue weighted by Crippen LogP contribution is -2.03. The highest BCUT2D eigenvalue weighted by atomic mass is 35.5. The van der Waals surface area contributed by atoms with Crippen molar-refractivity contribution in [2.45, 2.75) is 13.8 Å². The Kier molecular flexibility index (Phi) is 3.74. The Labute approximate surface area is 116 Å². The molecule has 0 saturated carbocycles. The normalized spacial score (nSPS) is 10.4. The molecule has 0 aromatic heterocycles. The Morgan fingerprint density at radius 2 is 1.67 bits per heavy atom. The van der Waals surface area contributed by atoms with Gasteiger partial charge in [-0.05, 0) is 49.2 Å². The molecule has 0 aliphatic heterocycles. The fourth-order valence-electron chi connectivity index (χ4n) is 1.71. The Hall–Kier alpha value is -1.31. The molecule has 0 radical (unpaired) electrons. The van der Waals surface area contributed by atoms with E-state index < -0.39 is 0 Å². The van der Waals surface area contributed by atoms with E-state index in [4.69, 9.17) is 23.2 Å². The molecule has 3 heteroatoms. The molecule has 0 heterocycles. The van der Waals surface area contributed by atoms with Crippen molar-refractivity contribution >= 4 is 29.0 Å². The summed E-state index contributed by atoms with van der Waals surface area (Å²) in [6, 6.07) is 10.5. The van der Waals surface area contributed by atoms with Crippen LogP contribution in [0.4, 0.5) is 0 Å². The van der Waals surface area contributed by atoms with Gasteiger partial charge in [-0.3, -0.25) is 4.79 Å². The SMILES string of the molecule is Cc1ccc(C(=O)c2ccc(Cl)cc2Cl)cc1C. The molecule has 0 aliphatic carbocycles. The predicted molar refractivity (Wildman–Crippen MR) is 75.8 cm³/mol. The summed E-state index contributed by atoms with van der Waals surface area (Å²) in [5.74, 6) is -0.0835. The lowest BCUT2D eigenvalue weighted by Gasteiger charge is -2.06. The molecule has 0 aliphatic rings. The molecule has 0 N–H and O–H groups in total. The highest BCUT2D eigenvalue weighted by Crippen LogP contribution is 2.24. The smallest absolute Gasteiger partial charge is 0.194 e. The summed E-state index contributed by atoms with van der Waals surface area (Å²) < 4.78 is 0. The molecular weight excluding hydrogens is 267 g/mol. The third-order valence-electron chi connectivity index (χ3n) is 2.94.